The lowest BCUT2D eigenvalue weighted by molar-refractivity contribution is -0.873. The van der Waals surface area contributed by atoms with Crippen LogP contribution in [0.15, 0.2) is 0 Å². The van der Waals surface area contributed by atoms with Crippen LogP contribution in [0.5, 0.6) is 0 Å². The third-order valence-electron chi connectivity index (χ3n) is 3.92. The second-order valence-electron chi connectivity index (χ2n) is 7.66. The number of rotatable bonds is 15. The van der Waals surface area contributed by atoms with Gasteiger partial charge in [0, 0.05) is 0 Å². The predicted octanol–water partition coefficient (Wildman–Crippen LogP) is 4.48. The largest absolute Gasteiger partial charge is 0.470 e. The second-order valence-corrected chi connectivity index (χ2v) is 8.85. The highest BCUT2D eigenvalue weighted by Gasteiger charge is 2.26. The van der Waals surface area contributed by atoms with Crippen LogP contribution >= 0.6 is 7.82 Å². The number of likely N-dealkylation sites (N-methyl/N-ethyl adjacent to an activating group) is 1. The summed E-state index contributed by atoms with van der Waals surface area (Å²) in [5.41, 5.74) is 0. The van der Waals surface area contributed by atoms with E-state index in [4.69, 9.17) is 14.3 Å². The Hall–Kier alpha value is 0.0700. The molecule has 0 heterocycles. The van der Waals surface area contributed by atoms with Gasteiger partial charge in [-0.2, -0.15) is 0 Å². The van der Waals surface area contributed by atoms with Gasteiger partial charge in [0.25, 0.3) is 0 Å². The van der Waals surface area contributed by atoms with Crippen LogP contribution in [0.1, 0.15) is 77.6 Å². The van der Waals surface area contributed by atoms with Gasteiger partial charge in [-0.25, -0.2) is 4.57 Å². The van der Waals surface area contributed by atoms with Crippen LogP contribution < -0.4 is 0 Å². The van der Waals surface area contributed by atoms with E-state index in [0.29, 0.717) is 11.0 Å². The van der Waals surface area contributed by atoms with E-state index in [0.717, 1.165) is 19.3 Å². The molecule has 0 aliphatic rings. The minimum atomic E-state index is -4.40. The summed E-state index contributed by atoms with van der Waals surface area (Å²) in [6.07, 6.45) is 12.9. The highest BCUT2D eigenvalue weighted by atomic mass is 31.2. The van der Waals surface area contributed by atoms with Crippen LogP contribution in [0.2, 0.25) is 0 Å². The fourth-order valence-corrected chi connectivity index (χ4v) is 3.40. The highest BCUT2D eigenvalue weighted by molar-refractivity contribution is 7.46. The van der Waals surface area contributed by atoms with Crippen molar-refractivity contribution in [1.82, 2.24) is 0 Å². The highest BCUT2D eigenvalue weighted by Crippen LogP contribution is 2.39. The van der Waals surface area contributed by atoms with Crippen molar-refractivity contribution in [3.05, 3.63) is 0 Å². The zero-order chi connectivity index (χ0) is 17.8. The van der Waals surface area contributed by atoms with Crippen LogP contribution in [0.25, 0.3) is 0 Å². The third-order valence-corrected chi connectivity index (χ3v) is 4.49. The maximum Gasteiger partial charge on any atom is 0.470 e. The Labute approximate surface area is 143 Å². The van der Waals surface area contributed by atoms with E-state index in [1.807, 2.05) is 21.1 Å². The van der Waals surface area contributed by atoms with E-state index in [1.165, 1.54) is 51.4 Å². The zero-order valence-corrected chi connectivity index (χ0v) is 16.6. The van der Waals surface area contributed by atoms with Crippen LogP contribution in [0.4, 0.5) is 0 Å². The van der Waals surface area contributed by atoms with Crippen molar-refractivity contribution in [3.63, 3.8) is 0 Å². The second kappa shape index (κ2) is 12.4. The SMILES string of the molecule is CCCCCCCCCCCCC(C[N+](C)(C)C)OP(=O)(O)O. The van der Waals surface area contributed by atoms with Gasteiger partial charge in [-0.1, -0.05) is 71.1 Å². The first-order valence-electron chi connectivity index (χ1n) is 9.18. The molecule has 0 aromatic carbocycles. The average Bonchev–Trinajstić information content (AvgIpc) is 2.37. The molecule has 5 nitrogen and oxygen atoms in total. The number of phosphoric acid groups is 1. The van der Waals surface area contributed by atoms with Crippen LogP contribution in [-0.2, 0) is 9.09 Å². The molecule has 2 N–H and O–H groups in total. The number of phosphoric ester groups is 1. The van der Waals surface area contributed by atoms with E-state index < -0.39 is 7.82 Å². The summed E-state index contributed by atoms with van der Waals surface area (Å²) in [6, 6.07) is 0. The molecular weight excluding hydrogens is 313 g/mol. The monoisotopic (exact) mass is 352 g/mol. The fourth-order valence-electron chi connectivity index (χ4n) is 2.84. The van der Waals surface area contributed by atoms with Crippen LogP contribution in [-0.4, -0.2) is 48.1 Å². The number of hydrogen-bond donors (Lipinski definition) is 2. The lowest BCUT2D eigenvalue weighted by Crippen LogP contribution is -2.42. The summed E-state index contributed by atoms with van der Waals surface area (Å²) in [4.78, 5) is 18.1. The summed E-state index contributed by atoms with van der Waals surface area (Å²) < 4.78 is 16.7. The van der Waals surface area contributed by atoms with E-state index in [9.17, 15) is 4.57 Å². The molecule has 0 saturated carbocycles. The molecule has 0 aromatic heterocycles. The summed E-state index contributed by atoms with van der Waals surface area (Å²) in [7, 11) is 1.63. The standard InChI is InChI=1S/C17H38NO4P/c1-5-6-7-8-9-10-11-12-13-14-15-17(16-18(2,3)4)22-23(19,20)21/h17H,5-16H2,1-4H3,(H-,19,20,21)/p+1. The van der Waals surface area contributed by atoms with Crippen molar-refractivity contribution < 1.29 is 23.4 Å². The Morgan fingerprint density at radius 1 is 0.870 bits per heavy atom. The van der Waals surface area contributed by atoms with Gasteiger partial charge in [-0.05, 0) is 6.42 Å². The summed E-state index contributed by atoms with van der Waals surface area (Å²) in [5.74, 6) is 0. The molecule has 0 amide bonds. The maximum atomic E-state index is 11.1. The van der Waals surface area contributed by atoms with Gasteiger partial charge >= 0.3 is 7.82 Å². The first kappa shape index (κ1) is 23.1. The molecule has 1 unspecified atom stereocenters. The van der Waals surface area contributed by atoms with Gasteiger partial charge in [0.05, 0.1) is 21.1 Å². The molecule has 0 aliphatic carbocycles. The Bertz CT molecular complexity index is 325. The van der Waals surface area contributed by atoms with Gasteiger partial charge in [0.15, 0.2) is 0 Å². The van der Waals surface area contributed by atoms with Crippen molar-refractivity contribution in [2.75, 3.05) is 27.7 Å². The predicted molar refractivity (Wildman–Crippen MR) is 96.3 cm³/mol. The van der Waals surface area contributed by atoms with Crippen molar-refractivity contribution in [3.8, 4) is 0 Å². The Morgan fingerprint density at radius 2 is 1.30 bits per heavy atom. The quantitative estimate of drug-likeness (QED) is 0.259. The normalized spacial score (nSPS) is 14.2. The number of hydrogen-bond acceptors (Lipinski definition) is 2. The number of unbranched alkanes of at least 4 members (excludes halogenated alkanes) is 9. The molecule has 23 heavy (non-hydrogen) atoms. The van der Waals surface area contributed by atoms with Gasteiger partial charge in [-0.3, -0.25) is 4.52 Å². The van der Waals surface area contributed by atoms with Gasteiger partial charge in [-0.15, -0.1) is 0 Å². The molecule has 0 spiro atoms. The fraction of sp³-hybridized carbons (Fsp3) is 1.00. The van der Waals surface area contributed by atoms with E-state index in [-0.39, 0.29) is 6.10 Å². The topological polar surface area (TPSA) is 66.8 Å². The minimum absolute atomic E-state index is 0.370. The molecule has 0 aliphatic heterocycles. The number of quaternary nitrogens is 1. The average molecular weight is 352 g/mol. The van der Waals surface area contributed by atoms with Crippen molar-refractivity contribution in [2.45, 2.75) is 83.7 Å². The Kier molecular flexibility index (Phi) is 12.5. The van der Waals surface area contributed by atoms with Gasteiger partial charge < -0.3 is 14.3 Å². The van der Waals surface area contributed by atoms with Crippen molar-refractivity contribution >= 4 is 7.82 Å². The molecule has 0 rings (SSSR count). The van der Waals surface area contributed by atoms with Crippen molar-refractivity contribution in [1.29, 1.82) is 0 Å². The summed E-state index contributed by atoms with van der Waals surface area (Å²) >= 11 is 0. The maximum absolute atomic E-state index is 11.1. The van der Waals surface area contributed by atoms with Gasteiger partial charge in [0.2, 0.25) is 0 Å². The molecule has 0 saturated heterocycles. The minimum Gasteiger partial charge on any atom is -0.329 e. The molecular formula is C17H39NO4P+. The van der Waals surface area contributed by atoms with E-state index in [2.05, 4.69) is 6.92 Å². The zero-order valence-electron chi connectivity index (χ0n) is 15.7. The molecule has 0 bridgehead atoms. The molecule has 1 atom stereocenters. The lowest BCUT2D eigenvalue weighted by atomic mass is 10.0. The van der Waals surface area contributed by atoms with Crippen LogP contribution in [0, 0.1) is 0 Å². The first-order valence-corrected chi connectivity index (χ1v) is 10.7. The number of nitrogens with zero attached hydrogens (tertiary/aromatic N) is 1. The van der Waals surface area contributed by atoms with E-state index in [1.54, 1.807) is 0 Å². The van der Waals surface area contributed by atoms with E-state index >= 15 is 0 Å². The first-order chi connectivity index (χ1) is 10.6. The summed E-state index contributed by atoms with van der Waals surface area (Å²) in [5, 5.41) is 0. The van der Waals surface area contributed by atoms with Crippen LogP contribution in [0.3, 0.4) is 0 Å². The van der Waals surface area contributed by atoms with Gasteiger partial charge in [0.1, 0.15) is 12.6 Å². The Morgan fingerprint density at radius 3 is 1.70 bits per heavy atom. The summed E-state index contributed by atoms with van der Waals surface area (Å²) in [6.45, 7) is 2.85. The Balaban J connectivity index is 3.76. The lowest BCUT2D eigenvalue weighted by Gasteiger charge is -2.29. The smallest absolute Gasteiger partial charge is 0.329 e. The molecule has 0 radical (unpaired) electrons. The van der Waals surface area contributed by atoms with Crippen molar-refractivity contribution in [2.24, 2.45) is 0 Å². The molecule has 6 heteroatoms. The molecule has 0 aromatic rings. The molecule has 140 valence electrons. The molecule has 0 fully saturated rings. The third kappa shape index (κ3) is 18.3.